The van der Waals surface area contributed by atoms with E-state index in [-0.39, 0.29) is 12.4 Å². The molecule has 0 radical (unpaired) electrons. The van der Waals surface area contributed by atoms with Crippen molar-refractivity contribution in [1.29, 1.82) is 0 Å². The highest BCUT2D eigenvalue weighted by Gasteiger charge is 2.16. The van der Waals surface area contributed by atoms with Gasteiger partial charge in [0.2, 0.25) is 0 Å². The van der Waals surface area contributed by atoms with E-state index in [1.165, 1.54) is 19.3 Å². The molecule has 0 aromatic carbocycles. The van der Waals surface area contributed by atoms with Gasteiger partial charge in [-0.3, -0.25) is 0 Å². The van der Waals surface area contributed by atoms with Crippen molar-refractivity contribution in [3.63, 3.8) is 0 Å². The molecule has 18 heavy (non-hydrogen) atoms. The van der Waals surface area contributed by atoms with Crippen molar-refractivity contribution in [2.45, 2.75) is 37.1 Å². The zero-order valence-corrected chi connectivity index (χ0v) is 12.5. The van der Waals surface area contributed by atoms with Crippen LogP contribution >= 0.6 is 24.2 Å². The minimum atomic E-state index is 0. The van der Waals surface area contributed by atoms with Gasteiger partial charge in [0.15, 0.2) is 5.16 Å². The maximum atomic E-state index is 5.70. The highest BCUT2D eigenvalue weighted by Crippen LogP contribution is 2.22. The Balaban J connectivity index is 0.00000162. The molecule has 2 rings (SSSR count). The minimum Gasteiger partial charge on any atom is -0.377 e. The van der Waals surface area contributed by atoms with Crippen LogP contribution in [-0.2, 0) is 18.3 Å². The van der Waals surface area contributed by atoms with E-state index in [0.29, 0.717) is 6.10 Å². The molecule has 0 aliphatic carbocycles. The van der Waals surface area contributed by atoms with E-state index in [4.69, 9.17) is 4.74 Å². The molecule has 104 valence electrons. The van der Waals surface area contributed by atoms with Crippen LogP contribution in [0.5, 0.6) is 0 Å². The Kier molecular flexibility index (Phi) is 6.99. The van der Waals surface area contributed by atoms with Gasteiger partial charge in [0.25, 0.3) is 0 Å². The summed E-state index contributed by atoms with van der Waals surface area (Å²) in [7, 11) is 3.92. The Morgan fingerprint density at radius 3 is 2.94 bits per heavy atom. The van der Waals surface area contributed by atoms with Crippen molar-refractivity contribution < 1.29 is 4.74 Å². The van der Waals surface area contributed by atoms with Crippen LogP contribution in [0.1, 0.15) is 25.1 Å². The fourth-order valence-electron chi connectivity index (χ4n) is 1.89. The molecule has 1 saturated heterocycles. The van der Waals surface area contributed by atoms with Crippen molar-refractivity contribution in [3.05, 3.63) is 5.82 Å². The summed E-state index contributed by atoms with van der Waals surface area (Å²) in [5, 5.41) is 12.4. The molecule has 7 heteroatoms. The van der Waals surface area contributed by atoms with Gasteiger partial charge in [-0.15, -0.1) is 22.6 Å². The van der Waals surface area contributed by atoms with Crippen LogP contribution < -0.4 is 5.32 Å². The van der Waals surface area contributed by atoms with Crippen molar-refractivity contribution in [2.75, 3.05) is 19.4 Å². The van der Waals surface area contributed by atoms with Crippen LogP contribution in [0.3, 0.4) is 0 Å². The largest absolute Gasteiger partial charge is 0.377 e. The first kappa shape index (κ1) is 15.8. The van der Waals surface area contributed by atoms with Gasteiger partial charge in [0.1, 0.15) is 5.82 Å². The van der Waals surface area contributed by atoms with Gasteiger partial charge in [-0.25, -0.2) is 0 Å². The Morgan fingerprint density at radius 2 is 2.28 bits per heavy atom. The Morgan fingerprint density at radius 1 is 1.44 bits per heavy atom. The van der Waals surface area contributed by atoms with Crippen LogP contribution in [0.25, 0.3) is 0 Å². The van der Waals surface area contributed by atoms with Gasteiger partial charge in [0, 0.05) is 19.4 Å². The van der Waals surface area contributed by atoms with E-state index in [9.17, 15) is 0 Å². The van der Waals surface area contributed by atoms with Gasteiger partial charge in [-0.05, 0) is 26.3 Å². The lowest BCUT2D eigenvalue weighted by atomic mass is 10.1. The standard InChI is InChI=1S/C11H20N4OS.ClH/c1-12-7-10-13-14-11(15(10)2)17-8-9-5-3-4-6-16-9;/h9,12H,3-8H2,1-2H3;1H. The van der Waals surface area contributed by atoms with E-state index in [1.807, 2.05) is 18.7 Å². The molecule has 0 bridgehead atoms. The number of ether oxygens (including phenoxy) is 1. The molecule has 0 spiro atoms. The molecule has 1 aliphatic rings. The maximum Gasteiger partial charge on any atom is 0.191 e. The average Bonchev–Trinajstić information content (AvgIpc) is 2.70. The Hall–Kier alpha value is -0.300. The molecule has 0 amide bonds. The van der Waals surface area contributed by atoms with Crippen molar-refractivity contribution in [3.8, 4) is 0 Å². The predicted octanol–water partition coefficient (Wildman–Crippen LogP) is 1.62. The van der Waals surface area contributed by atoms with E-state index in [0.717, 1.165) is 29.9 Å². The van der Waals surface area contributed by atoms with Crippen molar-refractivity contribution >= 4 is 24.2 Å². The third-order valence-corrected chi connectivity index (χ3v) is 4.08. The first-order valence-electron chi connectivity index (χ1n) is 6.08. The number of halogens is 1. The zero-order chi connectivity index (χ0) is 12.1. The second-order valence-corrected chi connectivity index (χ2v) is 5.27. The molecule has 1 fully saturated rings. The van der Waals surface area contributed by atoms with Crippen LogP contribution in [-0.4, -0.2) is 40.3 Å². The first-order chi connectivity index (χ1) is 8.31. The number of rotatable bonds is 5. The number of aromatic nitrogens is 3. The lowest BCUT2D eigenvalue weighted by Gasteiger charge is -2.21. The summed E-state index contributed by atoms with van der Waals surface area (Å²) in [6.07, 6.45) is 4.05. The average molecular weight is 293 g/mol. The second-order valence-electron chi connectivity index (χ2n) is 4.29. The quantitative estimate of drug-likeness (QED) is 0.836. The summed E-state index contributed by atoms with van der Waals surface area (Å²) in [5.41, 5.74) is 0. The molecule has 1 aromatic rings. The van der Waals surface area contributed by atoms with E-state index < -0.39 is 0 Å². The number of nitrogens with zero attached hydrogens (tertiary/aromatic N) is 3. The Labute approximate surface area is 118 Å². The lowest BCUT2D eigenvalue weighted by Crippen LogP contribution is -2.21. The van der Waals surface area contributed by atoms with Crippen molar-refractivity contribution in [1.82, 2.24) is 20.1 Å². The smallest absolute Gasteiger partial charge is 0.191 e. The highest BCUT2D eigenvalue weighted by molar-refractivity contribution is 7.99. The number of thioether (sulfide) groups is 1. The third-order valence-electron chi connectivity index (χ3n) is 2.93. The fraction of sp³-hybridized carbons (Fsp3) is 0.818. The van der Waals surface area contributed by atoms with Gasteiger partial charge >= 0.3 is 0 Å². The van der Waals surface area contributed by atoms with E-state index in [2.05, 4.69) is 15.5 Å². The second kappa shape index (κ2) is 7.99. The zero-order valence-electron chi connectivity index (χ0n) is 10.9. The van der Waals surface area contributed by atoms with Gasteiger partial charge in [-0.2, -0.15) is 0 Å². The third kappa shape index (κ3) is 4.12. The SMILES string of the molecule is CNCc1nnc(SCC2CCCCO2)n1C.Cl. The minimum absolute atomic E-state index is 0. The number of hydrogen-bond donors (Lipinski definition) is 1. The Bertz CT molecular complexity index is 355. The molecule has 1 aromatic heterocycles. The summed E-state index contributed by atoms with van der Waals surface area (Å²) < 4.78 is 7.75. The topological polar surface area (TPSA) is 52.0 Å². The summed E-state index contributed by atoms with van der Waals surface area (Å²) in [6, 6.07) is 0. The van der Waals surface area contributed by atoms with Gasteiger partial charge in [-0.1, -0.05) is 11.8 Å². The molecule has 1 N–H and O–H groups in total. The molecule has 1 atom stereocenters. The molecular weight excluding hydrogens is 272 g/mol. The van der Waals surface area contributed by atoms with Crippen LogP contribution in [0.4, 0.5) is 0 Å². The van der Waals surface area contributed by atoms with E-state index >= 15 is 0 Å². The first-order valence-corrected chi connectivity index (χ1v) is 7.07. The van der Waals surface area contributed by atoms with Crippen LogP contribution in [0.15, 0.2) is 5.16 Å². The molecule has 0 saturated carbocycles. The summed E-state index contributed by atoms with van der Waals surface area (Å²) in [5.74, 6) is 1.95. The normalized spacial score (nSPS) is 19.6. The lowest BCUT2D eigenvalue weighted by molar-refractivity contribution is 0.0315. The summed E-state index contributed by atoms with van der Waals surface area (Å²) in [4.78, 5) is 0. The van der Waals surface area contributed by atoms with E-state index in [1.54, 1.807) is 11.8 Å². The van der Waals surface area contributed by atoms with Gasteiger partial charge < -0.3 is 14.6 Å². The molecule has 1 aliphatic heterocycles. The molecule has 1 unspecified atom stereocenters. The molecule has 5 nitrogen and oxygen atoms in total. The predicted molar refractivity (Wildman–Crippen MR) is 75.3 cm³/mol. The molecular formula is C11H21ClN4OS. The van der Waals surface area contributed by atoms with Gasteiger partial charge in [0.05, 0.1) is 12.6 Å². The number of nitrogens with one attached hydrogen (secondary N) is 1. The number of hydrogen-bond acceptors (Lipinski definition) is 5. The maximum absolute atomic E-state index is 5.70. The fourth-order valence-corrected chi connectivity index (χ4v) is 2.88. The monoisotopic (exact) mass is 292 g/mol. The summed E-state index contributed by atoms with van der Waals surface area (Å²) in [6.45, 7) is 1.67. The van der Waals surface area contributed by atoms with Crippen LogP contribution in [0, 0.1) is 0 Å². The highest BCUT2D eigenvalue weighted by atomic mass is 35.5. The summed E-state index contributed by atoms with van der Waals surface area (Å²) >= 11 is 1.74. The van der Waals surface area contributed by atoms with Crippen molar-refractivity contribution in [2.24, 2.45) is 7.05 Å². The van der Waals surface area contributed by atoms with Crippen LogP contribution in [0.2, 0.25) is 0 Å². The molecule has 2 heterocycles.